The predicted molar refractivity (Wildman–Crippen MR) is 104 cm³/mol. The zero-order valence-electron chi connectivity index (χ0n) is 15.6. The molecule has 0 aliphatic rings. The summed E-state index contributed by atoms with van der Waals surface area (Å²) in [5.74, 6) is 0.721. The van der Waals surface area contributed by atoms with Gasteiger partial charge in [0.15, 0.2) is 5.82 Å². The Bertz CT molecular complexity index is 1140. The Morgan fingerprint density at radius 1 is 0.964 bits per heavy atom. The summed E-state index contributed by atoms with van der Waals surface area (Å²) in [6.07, 6.45) is 0.584. The summed E-state index contributed by atoms with van der Waals surface area (Å²) in [5.41, 5.74) is 4.80. The van der Waals surface area contributed by atoms with Crippen LogP contribution in [0.15, 0.2) is 53.1 Å². The van der Waals surface area contributed by atoms with E-state index in [-0.39, 0.29) is 12.5 Å². The van der Waals surface area contributed by atoms with Crippen LogP contribution in [0, 0.1) is 13.8 Å². The van der Waals surface area contributed by atoms with Gasteiger partial charge >= 0.3 is 0 Å². The lowest BCUT2D eigenvalue weighted by molar-refractivity contribution is 0.0946. The second-order valence-electron chi connectivity index (χ2n) is 6.55. The van der Waals surface area contributed by atoms with E-state index in [0.29, 0.717) is 29.2 Å². The van der Waals surface area contributed by atoms with Crippen LogP contribution in [-0.4, -0.2) is 26.0 Å². The van der Waals surface area contributed by atoms with Crippen LogP contribution in [0.25, 0.3) is 11.0 Å². The Morgan fingerprint density at radius 3 is 2.50 bits per heavy atom. The molecule has 0 fully saturated rings. The first-order valence-corrected chi connectivity index (χ1v) is 8.97. The molecule has 2 heterocycles. The molecule has 0 atom stereocenters. The summed E-state index contributed by atoms with van der Waals surface area (Å²) in [7, 11) is 0. The van der Waals surface area contributed by atoms with Gasteiger partial charge in [-0.15, -0.1) is 0 Å². The van der Waals surface area contributed by atoms with Crippen molar-refractivity contribution < 1.29 is 9.32 Å². The molecule has 7 heteroatoms. The van der Waals surface area contributed by atoms with Crippen LogP contribution in [-0.2, 0) is 13.0 Å². The number of rotatable bonds is 5. The molecule has 0 aliphatic heterocycles. The van der Waals surface area contributed by atoms with Crippen molar-refractivity contribution in [3.8, 4) is 0 Å². The number of benzene rings is 2. The highest BCUT2D eigenvalue weighted by Crippen LogP contribution is 2.14. The van der Waals surface area contributed by atoms with Gasteiger partial charge in [-0.25, -0.2) is 9.97 Å². The van der Waals surface area contributed by atoms with Crippen molar-refractivity contribution in [2.24, 2.45) is 0 Å². The molecule has 4 rings (SSSR count). The van der Waals surface area contributed by atoms with Crippen LogP contribution < -0.4 is 5.32 Å². The highest BCUT2D eigenvalue weighted by molar-refractivity contribution is 5.97. The van der Waals surface area contributed by atoms with E-state index in [4.69, 9.17) is 4.52 Å². The average Bonchev–Trinajstić information content (AvgIpc) is 3.15. The fraction of sp³-hybridized carbons (Fsp3) is 0.190. The first kappa shape index (κ1) is 17.8. The van der Waals surface area contributed by atoms with Crippen molar-refractivity contribution in [1.82, 2.24) is 25.4 Å². The number of hydrogen-bond acceptors (Lipinski definition) is 6. The van der Waals surface area contributed by atoms with E-state index in [0.717, 1.165) is 22.5 Å². The Hall–Kier alpha value is -3.61. The van der Waals surface area contributed by atoms with Crippen molar-refractivity contribution in [1.29, 1.82) is 0 Å². The zero-order chi connectivity index (χ0) is 19.5. The number of aryl methyl sites for hydroxylation is 2. The van der Waals surface area contributed by atoms with Gasteiger partial charge in [0.25, 0.3) is 5.91 Å². The summed E-state index contributed by atoms with van der Waals surface area (Å²) >= 11 is 0. The Kier molecular flexibility index (Phi) is 4.80. The van der Waals surface area contributed by atoms with Gasteiger partial charge < -0.3 is 9.84 Å². The fourth-order valence-electron chi connectivity index (χ4n) is 2.84. The topological polar surface area (TPSA) is 93.8 Å². The predicted octanol–water partition coefficient (Wildman–Crippen LogP) is 3.15. The molecule has 28 heavy (non-hydrogen) atoms. The van der Waals surface area contributed by atoms with E-state index in [9.17, 15) is 4.79 Å². The van der Waals surface area contributed by atoms with Crippen LogP contribution in [0.5, 0.6) is 0 Å². The van der Waals surface area contributed by atoms with E-state index in [1.54, 1.807) is 18.2 Å². The summed E-state index contributed by atoms with van der Waals surface area (Å²) in [6.45, 7) is 3.98. The van der Waals surface area contributed by atoms with Crippen molar-refractivity contribution in [2.75, 3.05) is 0 Å². The van der Waals surface area contributed by atoms with Crippen molar-refractivity contribution in [2.45, 2.75) is 26.8 Å². The van der Waals surface area contributed by atoms with E-state index in [1.807, 2.05) is 44.2 Å². The number of carbonyl (C=O) groups is 1. The second-order valence-corrected chi connectivity index (χ2v) is 6.55. The zero-order valence-corrected chi connectivity index (χ0v) is 15.6. The van der Waals surface area contributed by atoms with E-state index < -0.39 is 0 Å². The molecule has 0 bridgehead atoms. The molecule has 1 N–H and O–H groups in total. The van der Waals surface area contributed by atoms with E-state index in [2.05, 4.69) is 25.4 Å². The molecule has 0 saturated carbocycles. The van der Waals surface area contributed by atoms with Crippen LogP contribution >= 0.6 is 0 Å². The normalized spacial score (nSPS) is 10.9. The largest absolute Gasteiger partial charge is 0.343 e. The third kappa shape index (κ3) is 3.88. The Morgan fingerprint density at radius 2 is 1.71 bits per heavy atom. The van der Waals surface area contributed by atoms with Gasteiger partial charge in [0.2, 0.25) is 5.89 Å². The molecule has 0 saturated heterocycles. The summed E-state index contributed by atoms with van der Waals surface area (Å²) in [4.78, 5) is 25.8. The third-order valence-electron chi connectivity index (χ3n) is 4.45. The van der Waals surface area contributed by atoms with Gasteiger partial charge in [-0.05, 0) is 37.6 Å². The average molecular weight is 373 g/mol. The van der Waals surface area contributed by atoms with Gasteiger partial charge in [0.05, 0.1) is 29.0 Å². The number of nitrogens with one attached hydrogen (secondary N) is 1. The molecule has 1 amide bonds. The number of fused-ring (bicyclic) bond motifs is 1. The number of nitrogens with zero attached hydrogens (tertiary/aromatic N) is 4. The minimum atomic E-state index is -0.232. The van der Waals surface area contributed by atoms with Crippen LogP contribution in [0.4, 0.5) is 0 Å². The quantitative estimate of drug-likeness (QED) is 0.577. The van der Waals surface area contributed by atoms with Gasteiger partial charge in [-0.2, -0.15) is 4.98 Å². The van der Waals surface area contributed by atoms with Crippen molar-refractivity contribution in [3.05, 3.63) is 82.8 Å². The van der Waals surface area contributed by atoms with E-state index in [1.165, 1.54) is 0 Å². The minimum Gasteiger partial charge on any atom is -0.343 e. The number of carbonyl (C=O) groups excluding carboxylic acids is 1. The maximum absolute atomic E-state index is 12.5. The Labute approximate surface area is 161 Å². The minimum absolute atomic E-state index is 0.164. The first-order chi connectivity index (χ1) is 13.6. The molecular weight excluding hydrogens is 354 g/mol. The lowest BCUT2D eigenvalue weighted by Gasteiger charge is -2.05. The smallest absolute Gasteiger partial charge is 0.251 e. The van der Waals surface area contributed by atoms with Gasteiger partial charge in [0.1, 0.15) is 0 Å². The molecule has 0 spiro atoms. The van der Waals surface area contributed by atoms with Crippen LogP contribution in [0.3, 0.4) is 0 Å². The van der Waals surface area contributed by atoms with Crippen LogP contribution in [0.1, 0.15) is 39.0 Å². The molecule has 7 nitrogen and oxygen atoms in total. The molecule has 0 radical (unpaired) electrons. The second kappa shape index (κ2) is 7.56. The molecule has 2 aromatic heterocycles. The maximum Gasteiger partial charge on any atom is 0.251 e. The number of hydrogen-bond donors (Lipinski definition) is 1. The van der Waals surface area contributed by atoms with Gasteiger partial charge in [-0.3, -0.25) is 4.79 Å². The SMILES string of the molecule is Cc1nc2ccc(C(=O)NCc3nc(Cc4ccccc4)no3)cc2nc1C. The fourth-order valence-corrected chi connectivity index (χ4v) is 2.84. The van der Waals surface area contributed by atoms with Crippen molar-refractivity contribution >= 4 is 16.9 Å². The molecule has 0 aliphatic carbocycles. The summed E-state index contributed by atoms with van der Waals surface area (Å²) < 4.78 is 5.22. The third-order valence-corrected chi connectivity index (χ3v) is 4.45. The van der Waals surface area contributed by atoms with E-state index >= 15 is 0 Å². The maximum atomic E-state index is 12.5. The van der Waals surface area contributed by atoms with Gasteiger partial charge in [-0.1, -0.05) is 35.5 Å². The summed E-state index contributed by atoms with van der Waals surface area (Å²) in [6, 6.07) is 15.2. The Balaban J connectivity index is 1.42. The number of aromatic nitrogens is 4. The highest BCUT2D eigenvalue weighted by atomic mass is 16.5. The monoisotopic (exact) mass is 373 g/mol. The van der Waals surface area contributed by atoms with Crippen LogP contribution in [0.2, 0.25) is 0 Å². The number of amides is 1. The molecule has 0 unspecified atom stereocenters. The van der Waals surface area contributed by atoms with Crippen molar-refractivity contribution in [3.63, 3.8) is 0 Å². The molecule has 140 valence electrons. The lowest BCUT2D eigenvalue weighted by Crippen LogP contribution is -2.23. The lowest BCUT2D eigenvalue weighted by atomic mass is 10.1. The molecule has 2 aromatic carbocycles. The highest BCUT2D eigenvalue weighted by Gasteiger charge is 2.12. The molecular formula is C21H19N5O2. The van der Waals surface area contributed by atoms with Gasteiger partial charge in [0, 0.05) is 12.0 Å². The molecule has 4 aromatic rings. The summed E-state index contributed by atoms with van der Waals surface area (Å²) in [5, 5.41) is 6.77. The standard InChI is InChI=1S/C21H19N5O2/c1-13-14(2)24-18-11-16(8-9-17(18)23-13)21(27)22-12-20-25-19(26-28-20)10-15-6-4-3-5-7-15/h3-9,11H,10,12H2,1-2H3,(H,22,27). The first-order valence-electron chi connectivity index (χ1n) is 8.97.